The Kier molecular flexibility index (Phi) is 6.75. The van der Waals surface area contributed by atoms with Gasteiger partial charge in [0.1, 0.15) is 0 Å². The molecule has 1 N–H and O–H groups in total. The molecule has 1 aromatic rings. The van der Waals surface area contributed by atoms with Crippen LogP contribution in [-0.2, 0) is 14.3 Å². The molecule has 1 fully saturated rings. The number of ether oxygens (including phenoxy) is 2. The number of carbonyl (C=O) groups is 2. The lowest BCUT2D eigenvalue weighted by molar-refractivity contribution is -0.120. The van der Waals surface area contributed by atoms with Gasteiger partial charge in [-0.05, 0) is 37.1 Å². The standard InChI is InChI=1S/C18H26N2O4/c1-4-23-18(22)14-5-7-15(8-6-14)19-17(21)12-20-9-10-24-16(11-20)13(2)3/h5-8,13,16H,4,9-12H2,1-3H3,(H,19,21). The highest BCUT2D eigenvalue weighted by Crippen LogP contribution is 2.14. The maximum Gasteiger partial charge on any atom is 0.338 e. The van der Waals surface area contributed by atoms with Crippen LogP contribution in [0.2, 0.25) is 0 Å². The van der Waals surface area contributed by atoms with E-state index in [-0.39, 0.29) is 18.0 Å². The molecule has 1 aromatic carbocycles. The fourth-order valence-electron chi connectivity index (χ4n) is 2.59. The van der Waals surface area contributed by atoms with Crippen LogP contribution in [-0.4, -0.2) is 55.7 Å². The molecule has 0 aromatic heterocycles. The molecule has 1 amide bonds. The van der Waals surface area contributed by atoms with Gasteiger partial charge in [0.25, 0.3) is 0 Å². The third-order valence-corrected chi connectivity index (χ3v) is 3.97. The molecular formula is C18H26N2O4. The van der Waals surface area contributed by atoms with E-state index in [4.69, 9.17) is 9.47 Å². The van der Waals surface area contributed by atoms with Gasteiger partial charge < -0.3 is 14.8 Å². The smallest absolute Gasteiger partial charge is 0.338 e. The van der Waals surface area contributed by atoms with Crippen LogP contribution in [0.1, 0.15) is 31.1 Å². The van der Waals surface area contributed by atoms with Gasteiger partial charge >= 0.3 is 5.97 Å². The van der Waals surface area contributed by atoms with Gasteiger partial charge in [-0.1, -0.05) is 13.8 Å². The third kappa shape index (κ3) is 5.32. The minimum Gasteiger partial charge on any atom is -0.462 e. The van der Waals surface area contributed by atoms with E-state index in [0.717, 1.165) is 13.1 Å². The van der Waals surface area contributed by atoms with Gasteiger partial charge in [0, 0.05) is 18.8 Å². The second kappa shape index (κ2) is 8.80. The Balaban J connectivity index is 1.85. The van der Waals surface area contributed by atoms with Crippen LogP contribution < -0.4 is 5.32 Å². The summed E-state index contributed by atoms with van der Waals surface area (Å²) in [4.78, 5) is 25.9. The Morgan fingerprint density at radius 2 is 2.04 bits per heavy atom. The molecule has 6 nitrogen and oxygen atoms in total. The Morgan fingerprint density at radius 3 is 2.67 bits per heavy atom. The molecule has 0 aliphatic carbocycles. The van der Waals surface area contributed by atoms with Crippen LogP contribution in [0.5, 0.6) is 0 Å². The highest BCUT2D eigenvalue weighted by molar-refractivity contribution is 5.94. The van der Waals surface area contributed by atoms with Gasteiger partial charge in [-0.25, -0.2) is 4.79 Å². The molecule has 1 saturated heterocycles. The topological polar surface area (TPSA) is 67.9 Å². The number of benzene rings is 1. The summed E-state index contributed by atoms with van der Waals surface area (Å²) in [5.74, 6) is 0.0120. The predicted molar refractivity (Wildman–Crippen MR) is 92.0 cm³/mol. The summed E-state index contributed by atoms with van der Waals surface area (Å²) in [6.45, 7) is 8.89. The number of esters is 1. The van der Waals surface area contributed by atoms with E-state index in [1.165, 1.54) is 0 Å². The average molecular weight is 334 g/mol. The first kappa shape index (κ1) is 18.4. The van der Waals surface area contributed by atoms with Crippen molar-refractivity contribution in [3.05, 3.63) is 29.8 Å². The Hall–Kier alpha value is -1.92. The number of hydrogen-bond donors (Lipinski definition) is 1. The molecule has 6 heteroatoms. The van der Waals surface area contributed by atoms with Crippen molar-refractivity contribution < 1.29 is 19.1 Å². The van der Waals surface area contributed by atoms with Gasteiger partial charge in [-0.2, -0.15) is 0 Å². The van der Waals surface area contributed by atoms with E-state index >= 15 is 0 Å². The van der Waals surface area contributed by atoms with E-state index in [1.807, 2.05) is 0 Å². The Morgan fingerprint density at radius 1 is 1.33 bits per heavy atom. The normalized spacial score (nSPS) is 18.4. The van der Waals surface area contributed by atoms with Crippen LogP contribution >= 0.6 is 0 Å². The summed E-state index contributed by atoms with van der Waals surface area (Å²) >= 11 is 0. The molecule has 1 unspecified atom stereocenters. The molecular weight excluding hydrogens is 308 g/mol. The van der Waals surface area contributed by atoms with Crippen LogP contribution in [0, 0.1) is 5.92 Å². The molecule has 1 heterocycles. The van der Waals surface area contributed by atoms with E-state index in [1.54, 1.807) is 31.2 Å². The number of carbonyl (C=O) groups excluding carboxylic acids is 2. The van der Waals surface area contributed by atoms with Crippen molar-refractivity contribution in [3.63, 3.8) is 0 Å². The number of rotatable bonds is 6. The lowest BCUT2D eigenvalue weighted by atomic mass is 10.1. The molecule has 2 rings (SSSR count). The summed E-state index contributed by atoms with van der Waals surface area (Å²) in [6, 6.07) is 6.72. The second-order valence-electron chi connectivity index (χ2n) is 6.23. The van der Waals surface area contributed by atoms with Gasteiger partial charge in [-0.15, -0.1) is 0 Å². The highest BCUT2D eigenvalue weighted by atomic mass is 16.5. The molecule has 0 spiro atoms. The van der Waals surface area contributed by atoms with Crippen molar-refractivity contribution in [1.82, 2.24) is 4.90 Å². The maximum atomic E-state index is 12.2. The fourth-order valence-corrected chi connectivity index (χ4v) is 2.59. The van der Waals surface area contributed by atoms with Crippen molar-refractivity contribution in [2.75, 3.05) is 38.2 Å². The number of anilines is 1. The van der Waals surface area contributed by atoms with Gasteiger partial charge in [0.15, 0.2) is 0 Å². The van der Waals surface area contributed by atoms with E-state index in [9.17, 15) is 9.59 Å². The molecule has 1 aliphatic heterocycles. The zero-order valence-electron chi connectivity index (χ0n) is 14.6. The summed E-state index contributed by atoms with van der Waals surface area (Å²) in [5, 5.41) is 2.86. The molecule has 1 atom stereocenters. The lowest BCUT2D eigenvalue weighted by Gasteiger charge is -2.34. The van der Waals surface area contributed by atoms with Crippen molar-refractivity contribution >= 4 is 17.6 Å². The largest absolute Gasteiger partial charge is 0.462 e. The zero-order valence-corrected chi connectivity index (χ0v) is 14.6. The minimum absolute atomic E-state index is 0.0664. The van der Waals surface area contributed by atoms with E-state index < -0.39 is 0 Å². The number of amides is 1. The molecule has 1 aliphatic rings. The number of nitrogens with one attached hydrogen (secondary N) is 1. The Bertz CT molecular complexity index is 557. The van der Waals surface area contributed by atoms with Gasteiger partial charge in [0.05, 0.1) is 31.4 Å². The van der Waals surface area contributed by atoms with Crippen LogP contribution in [0.4, 0.5) is 5.69 Å². The molecule has 0 saturated carbocycles. The van der Waals surface area contributed by atoms with Crippen LogP contribution in [0.3, 0.4) is 0 Å². The summed E-state index contributed by atoms with van der Waals surface area (Å²) < 4.78 is 10.6. The summed E-state index contributed by atoms with van der Waals surface area (Å²) in [6.07, 6.45) is 0.176. The first-order valence-electron chi connectivity index (χ1n) is 8.40. The molecule has 24 heavy (non-hydrogen) atoms. The predicted octanol–water partition coefficient (Wildman–Crippen LogP) is 2.16. The number of nitrogens with zero attached hydrogens (tertiary/aromatic N) is 1. The summed E-state index contributed by atoms with van der Waals surface area (Å²) in [5.41, 5.74) is 1.14. The monoisotopic (exact) mass is 334 g/mol. The second-order valence-corrected chi connectivity index (χ2v) is 6.23. The SMILES string of the molecule is CCOC(=O)c1ccc(NC(=O)CN2CCOC(C(C)C)C2)cc1. The minimum atomic E-state index is -0.358. The van der Waals surface area contributed by atoms with Crippen molar-refractivity contribution in [2.24, 2.45) is 5.92 Å². The lowest BCUT2D eigenvalue weighted by Crippen LogP contribution is -2.47. The van der Waals surface area contributed by atoms with Crippen LogP contribution in [0.15, 0.2) is 24.3 Å². The first-order valence-corrected chi connectivity index (χ1v) is 8.40. The van der Waals surface area contributed by atoms with Crippen molar-refractivity contribution in [3.8, 4) is 0 Å². The zero-order chi connectivity index (χ0) is 17.5. The average Bonchev–Trinajstić information content (AvgIpc) is 2.55. The van der Waals surface area contributed by atoms with Crippen molar-refractivity contribution in [2.45, 2.75) is 26.9 Å². The van der Waals surface area contributed by atoms with E-state index in [2.05, 4.69) is 24.1 Å². The fraction of sp³-hybridized carbons (Fsp3) is 0.556. The maximum absolute atomic E-state index is 12.2. The van der Waals surface area contributed by atoms with Crippen molar-refractivity contribution in [1.29, 1.82) is 0 Å². The van der Waals surface area contributed by atoms with E-state index in [0.29, 0.717) is 36.9 Å². The third-order valence-electron chi connectivity index (χ3n) is 3.97. The molecule has 0 bridgehead atoms. The van der Waals surface area contributed by atoms with Crippen LogP contribution in [0.25, 0.3) is 0 Å². The van der Waals surface area contributed by atoms with Gasteiger partial charge in [0.2, 0.25) is 5.91 Å². The van der Waals surface area contributed by atoms with Gasteiger partial charge in [-0.3, -0.25) is 9.69 Å². The highest BCUT2D eigenvalue weighted by Gasteiger charge is 2.24. The molecule has 0 radical (unpaired) electrons. The Labute approximate surface area is 143 Å². The molecule has 132 valence electrons. The summed E-state index contributed by atoms with van der Waals surface area (Å²) in [7, 11) is 0. The number of hydrogen-bond acceptors (Lipinski definition) is 5. The first-order chi connectivity index (χ1) is 11.5. The number of morpholine rings is 1. The quantitative estimate of drug-likeness (QED) is 0.808.